The lowest BCUT2D eigenvalue weighted by molar-refractivity contribution is -0.158. The molecule has 3 fully saturated rings. The van der Waals surface area contributed by atoms with Gasteiger partial charge >= 0.3 is 5.97 Å². The molecule has 2 nitrogen and oxygen atoms in total. The summed E-state index contributed by atoms with van der Waals surface area (Å²) in [6.07, 6.45) is 16.8. The Balaban J connectivity index is 1.50. The van der Waals surface area contributed by atoms with Gasteiger partial charge in [0.15, 0.2) is 0 Å². The monoisotopic (exact) mass is 468 g/mol. The lowest BCUT2D eigenvalue weighted by atomic mass is 9.46. The fourth-order valence-electron chi connectivity index (χ4n) is 9.65. The minimum absolute atomic E-state index is 0.109. The van der Waals surface area contributed by atoms with Gasteiger partial charge in [-0.2, -0.15) is 0 Å². The van der Waals surface area contributed by atoms with Crippen LogP contribution < -0.4 is 0 Å². The average Bonchev–Trinajstić information content (AvgIpc) is 3.13. The second-order valence-electron chi connectivity index (χ2n) is 13.5. The van der Waals surface area contributed by atoms with E-state index < -0.39 is 0 Å². The Bertz CT molecular complexity index is 821. The van der Waals surface area contributed by atoms with Crippen molar-refractivity contribution in [2.75, 3.05) is 0 Å². The number of hydrogen-bond donors (Lipinski definition) is 0. The molecule has 0 radical (unpaired) electrons. The van der Waals surface area contributed by atoms with Crippen molar-refractivity contribution >= 4 is 5.97 Å². The van der Waals surface area contributed by atoms with Crippen LogP contribution in [-0.2, 0) is 9.53 Å². The number of rotatable bonds is 6. The molecule has 0 N–H and O–H groups in total. The third-order valence-electron chi connectivity index (χ3n) is 11.6. The van der Waals surface area contributed by atoms with Crippen molar-refractivity contribution in [2.24, 2.45) is 52.3 Å². The molecule has 0 heterocycles. The molecule has 4 aliphatic rings. The molecule has 9 atom stereocenters. The third-order valence-corrected chi connectivity index (χ3v) is 11.6. The van der Waals surface area contributed by atoms with Crippen molar-refractivity contribution in [3.05, 3.63) is 23.3 Å². The minimum atomic E-state index is -0.109. The number of fused-ring (bicyclic) bond motifs is 5. The molecule has 0 aliphatic heterocycles. The molecule has 0 saturated heterocycles. The first-order valence-electron chi connectivity index (χ1n) is 14.5. The van der Waals surface area contributed by atoms with Gasteiger partial charge in [0.2, 0.25) is 0 Å². The summed E-state index contributed by atoms with van der Waals surface area (Å²) in [5.74, 6) is 4.91. The van der Waals surface area contributed by atoms with E-state index in [0.717, 1.165) is 30.1 Å². The first-order chi connectivity index (χ1) is 16.0. The van der Waals surface area contributed by atoms with E-state index in [1.165, 1.54) is 51.4 Å². The highest BCUT2D eigenvalue weighted by molar-refractivity contribution is 5.66. The van der Waals surface area contributed by atoms with Crippen molar-refractivity contribution in [3.63, 3.8) is 0 Å². The topological polar surface area (TPSA) is 26.3 Å². The fourth-order valence-corrected chi connectivity index (χ4v) is 9.65. The maximum absolute atomic E-state index is 11.7. The van der Waals surface area contributed by atoms with Crippen LogP contribution in [0.25, 0.3) is 0 Å². The maximum atomic E-state index is 11.7. The van der Waals surface area contributed by atoms with Gasteiger partial charge in [-0.15, -0.1) is 0 Å². The minimum Gasteiger partial charge on any atom is -0.462 e. The molecule has 3 saturated carbocycles. The van der Waals surface area contributed by atoms with E-state index in [-0.39, 0.29) is 12.1 Å². The highest BCUT2D eigenvalue weighted by Gasteiger charge is 2.59. The number of carbonyl (C=O) groups is 1. The second-order valence-corrected chi connectivity index (χ2v) is 13.5. The van der Waals surface area contributed by atoms with Crippen LogP contribution in [0.5, 0.6) is 0 Å². The lowest BCUT2D eigenvalue weighted by Gasteiger charge is -2.59. The standard InChI is InChI=1S/C32H52O2/c1-9-24(20(2)3)11-10-21(4)26-14-15-28-25-12-13-27-22(5)30(34-23(6)33)17-19-32(27,8)29(25)16-18-31(26,28)7/h9,12,20-22,26-30H,10-11,13-19H2,1-8H3/b24-9-/t21-,22+,26-,27+,28+,29-,30+,31-,32+/m1/s1. The molecule has 0 aromatic heterocycles. The SMILES string of the molecule is C/C=C(/CC[C@@H](C)[C@H]1CC[C@H]2C3=CC[C@H]4[C@H](C)[C@@H](OC(C)=O)CC[C@]4(C)[C@@H]3CC[C@]12C)C(C)C. The van der Waals surface area contributed by atoms with Crippen molar-refractivity contribution in [2.45, 2.75) is 119 Å². The predicted molar refractivity (Wildman–Crippen MR) is 142 cm³/mol. The van der Waals surface area contributed by atoms with Gasteiger partial charge in [0, 0.05) is 6.92 Å². The van der Waals surface area contributed by atoms with E-state index in [0.29, 0.717) is 28.6 Å². The molecule has 4 aliphatic carbocycles. The molecular formula is C32H52O2. The quantitative estimate of drug-likeness (QED) is 0.288. The summed E-state index contributed by atoms with van der Waals surface area (Å²) in [7, 11) is 0. The van der Waals surface area contributed by atoms with Gasteiger partial charge < -0.3 is 4.74 Å². The van der Waals surface area contributed by atoms with Gasteiger partial charge in [0.05, 0.1) is 0 Å². The zero-order valence-electron chi connectivity index (χ0n) is 23.5. The van der Waals surface area contributed by atoms with Crippen LogP contribution >= 0.6 is 0 Å². The summed E-state index contributed by atoms with van der Waals surface area (Å²) < 4.78 is 5.76. The van der Waals surface area contributed by atoms with E-state index in [9.17, 15) is 4.79 Å². The first-order valence-corrected chi connectivity index (χ1v) is 14.5. The number of esters is 1. The normalized spacial score (nSPS) is 43.0. The zero-order chi connectivity index (χ0) is 24.8. The van der Waals surface area contributed by atoms with E-state index in [2.05, 4.69) is 60.6 Å². The predicted octanol–water partition coefficient (Wildman–Crippen LogP) is 8.76. The highest BCUT2D eigenvalue weighted by atomic mass is 16.5. The van der Waals surface area contributed by atoms with Crippen LogP contribution in [0.3, 0.4) is 0 Å². The Morgan fingerprint density at radius 1 is 1.09 bits per heavy atom. The Morgan fingerprint density at radius 2 is 1.76 bits per heavy atom. The summed E-state index contributed by atoms with van der Waals surface area (Å²) in [5, 5.41) is 0. The average molecular weight is 469 g/mol. The molecule has 192 valence electrons. The fraction of sp³-hybridized carbons (Fsp3) is 0.844. The van der Waals surface area contributed by atoms with Gasteiger partial charge in [0.1, 0.15) is 6.10 Å². The van der Waals surface area contributed by atoms with Crippen LogP contribution in [0.15, 0.2) is 23.3 Å². The van der Waals surface area contributed by atoms with Crippen molar-refractivity contribution in [1.82, 2.24) is 0 Å². The van der Waals surface area contributed by atoms with Gasteiger partial charge in [-0.25, -0.2) is 0 Å². The largest absolute Gasteiger partial charge is 0.462 e. The van der Waals surface area contributed by atoms with Gasteiger partial charge in [-0.3, -0.25) is 4.79 Å². The van der Waals surface area contributed by atoms with Gasteiger partial charge in [-0.05, 0) is 117 Å². The molecule has 0 aromatic carbocycles. The Kier molecular flexibility index (Phi) is 7.48. The molecule has 0 bridgehead atoms. The highest BCUT2D eigenvalue weighted by Crippen LogP contribution is 2.67. The molecule has 0 amide bonds. The second kappa shape index (κ2) is 9.78. The van der Waals surface area contributed by atoms with Crippen LogP contribution in [-0.4, -0.2) is 12.1 Å². The zero-order valence-corrected chi connectivity index (χ0v) is 23.5. The summed E-state index contributed by atoms with van der Waals surface area (Å²) in [6.45, 7) is 18.7. The lowest BCUT2D eigenvalue weighted by Crippen LogP contribution is -2.53. The molecular weight excluding hydrogens is 416 g/mol. The van der Waals surface area contributed by atoms with E-state index >= 15 is 0 Å². The third kappa shape index (κ3) is 4.34. The Labute approximate surface area is 210 Å². The van der Waals surface area contributed by atoms with Crippen LogP contribution in [0, 0.1) is 52.3 Å². The summed E-state index contributed by atoms with van der Waals surface area (Å²) in [4.78, 5) is 11.7. The van der Waals surface area contributed by atoms with Crippen molar-refractivity contribution < 1.29 is 9.53 Å². The summed E-state index contributed by atoms with van der Waals surface area (Å²) in [6, 6.07) is 0. The van der Waals surface area contributed by atoms with Crippen LogP contribution in [0.1, 0.15) is 113 Å². The Morgan fingerprint density at radius 3 is 2.41 bits per heavy atom. The number of allylic oxidation sites excluding steroid dienone is 4. The summed E-state index contributed by atoms with van der Waals surface area (Å²) >= 11 is 0. The molecule has 0 unspecified atom stereocenters. The number of hydrogen-bond acceptors (Lipinski definition) is 2. The first kappa shape index (κ1) is 26.0. The molecule has 34 heavy (non-hydrogen) atoms. The Hall–Kier alpha value is -1.05. The molecule has 0 spiro atoms. The van der Waals surface area contributed by atoms with Crippen LogP contribution in [0.2, 0.25) is 0 Å². The van der Waals surface area contributed by atoms with E-state index in [1.54, 1.807) is 12.5 Å². The van der Waals surface area contributed by atoms with Crippen molar-refractivity contribution in [3.8, 4) is 0 Å². The molecule has 2 heteroatoms. The van der Waals surface area contributed by atoms with Gasteiger partial charge in [-0.1, -0.05) is 64.8 Å². The molecule has 0 aromatic rings. The van der Waals surface area contributed by atoms with E-state index in [1.807, 2.05) is 5.57 Å². The number of carbonyl (C=O) groups excluding carboxylic acids is 1. The smallest absolute Gasteiger partial charge is 0.302 e. The molecule has 4 rings (SSSR count). The van der Waals surface area contributed by atoms with Crippen LogP contribution in [0.4, 0.5) is 0 Å². The number of ether oxygens (including phenoxy) is 1. The van der Waals surface area contributed by atoms with Gasteiger partial charge in [0.25, 0.3) is 0 Å². The van der Waals surface area contributed by atoms with Crippen molar-refractivity contribution in [1.29, 1.82) is 0 Å². The summed E-state index contributed by atoms with van der Waals surface area (Å²) in [5.41, 5.74) is 4.35. The maximum Gasteiger partial charge on any atom is 0.302 e. The van der Waals surface area contributed by atoms with E-state index in [4.69, 9.17) is 4.74 Å².